The van der Waals surface area contributed by atoms with Crippen LogP contribution in [-0.2, 0) is 16.0 Å². The lowest BCUT2D eigenvalue weighted by atomic mass is 10.1. The lowest BCUT2D eigenvalue weighted by Crippen LogP contribution is -2.42. The number of Topliss-reactive ketones (excluding diaryl/α,β-unsaturated/α-hetero) is 1. The minimum Gasteiger partial charge on any atom is -0.349 e. The molecule has 0 spiro atoms. The predicted molar refractivity (Wildman–Crippen MR) is 68.8 cm³/mol. The van der Waals surface area contributed by atoms with E-state index in [2.05, 4.69) is 10.3 Å². The molecule has 0 fully saturated rings. The molecule has 5 nitrogen and oxygen atoms in total. The highest BCUT2D eigenvalue weighted by Gasteiger charge is 2.20. The standard InChI is InChI=1S/C13H19N3O2/c1-2-4-11(14)12(17)13(18)16-8-6-10-5-3-7-15-9-10/h3,5,7,9,11H,2,4,6,8,14H2,1H3,(H,16,18). The van der Waals surface area contributed by atoms with Crippen LogP contribution in [0.4, 0.5) is 0 Å². The van der Waals surface area contributed by atoms with Gasteiger partial charge in [-0.1, -0.05) is 19.4 Å². The molecule has 0 aliphatic heterocycles. The Hall–Kier alpha value is -1.75. The van der Waals surface area contributed by atoms with Gasteiger partial charge in [0.05, 0.1) is 6.04 Å². The predicted octanol–water partition coefficient (Wildman–Crippen LogP) is 0.437. The van der Waals surface area contributed by atoms with E-state index in [1.54, 1.807) is 12.4 Å². The van der Waals surface area contributed by atoms with Gasteiger partial charge in [0.1, 0.15) is 0 Å². The van der Waals surface area contributed by atoms with E-state index < -0.39 is 17.7 Å². The molecule has 18 heavy (non-hydrogen) atoms. The van der Waals surface area contributed by atoms with Crippen LogP contribution in [0.3, 0.4) is 0 Å². The summed E-state index contributed by atoms with van der Waals surface area (Å²) in [6.45, 7) is 2.34. The van der Waals surface area contributed by atoms with Crippen molar-refractivity contribution in [2.75, 3.05) is 6.54 Å². The number of pyridine rings is 1. The highest BCUT2D eigenvalue weighted by Crippen LogP contribution is 1.97. The minimum atomic E-state index is -0.687. The van der Waals surface area contributed by atoms with E-state index >= 15 is 0 Å². The summed E-state index contributed by atoms with van der Waals surface area (Å²) in [4.78, 5) is 27.0. The largest absolute Gasteiger partial charge is 0.349 e. The van der Waals surface area contributed by atoms with E-state index in [4.69, 9.17) is 5.73 Å². The quantitative estimate of drug-likeness (QED) is 0.686. The molecular weight excluding hydrogens is 230 g/mol. The van der Waals surface area contributed by atoms with Gasteiger partial charge in [0.2, 0.25) is 5.78 Å². The maximum Gasteiger partial charge on any atom is 0.289 e. The van der Waals surface area contributed by atoms with E-state index in [1.165, 1.54) is 0 Å². The first-order valence-electron chi connectivity index (χ1n) is 6.11. The third kappa shape index (κ3) is 4.63. The molecule has 0 radical (unpaired) electrons. The molecule has 3 N–H and O–H groups in total. The topological polar surface area (TPSA) is 85.1 Å². The third-order valence-corrected chi connectivity index (χ3v) is 2.58. The molecule has 1 aromatic heterocycles. The Morgan fingerprint density at radius 2 is 2.28 bits per heavy atom. The summed E-state index contributed by atoms with van der Waals surface area (Å²) in [6, 6.07) is 3.07. The number of ketones is 1. The molecule has 1 unspecified atom stereocenters. The molecule has 0 saturated heterocycles. The first-order valence-corrected chi connectivity index (χ1v) is 6.11. The van der Waals surface area contributed by atoms with Gasteiger partial charge in [-0.25, -0.2) is 0 Å². The second-order valence-corrected chi connectivity index (χ2v) is 4.13. The van der Waals surface area contributed by atoms with Gasteiger partial charge in [0.15, 0.2) is 0 Å². The molecular formula is C13H19N3O2. The monoisotopic (exact) mass is 249 g/mol. The molecule has 0 saturated carbocycles. The number of carbonyl (C=O) groups is 2. The van der Waals surface area contributed by atoms with Crippen LogP contribution in [0.2, 0.25) is 0 Å². The molecule has 98 valence electrons. The molecule has 0 aromatic carbocycles. The Morgan fingerprint density at radius 1 is 1.50 bits per heavy atom. The first-order chi connectivity index (χ1) is 8.65. The van der Waals surface area contributed by atoms with E-state index in [0.29, 0.717) is 19.4 Å². The summed E-state index contributed by atoms with van der Waals surface area (Å²) in [5.41, 5.74) is 6.61. The molecule has 1 aromatic rings. The van der Waals surface area contributed by atoms with Crippen molar-refractivity contribution >= 4 is 11.7 Å². The fraction of sp³-hybridized carbons (Fsp3) is 0.462. The number of nitrogens with one attached hydrogen (secondary N) is 1. The zero-order valence-electron chi connectivity index (χ0n) is 10.6. The Bertz CT molecular complexity index is 392. The lowest BCUT2D eigenvalue weighted by molar-refractivity contribution is -0.138. The van der Waals surface area contributed by atoms with E-state index in [1.807, 2.05) is 19.1 Å². The van der Waals surface area contributed by atoms with Crippen molar-refractivity contribution in [3.63, 3.8) is 0 Å². The smallest absolute Gasteiger partial charge is 0.289 e. The van der Waals surface area contributed by atoms with Crippen LogP contribution in [0.25, 0.3) is 0 Å². The van der Waals surface area contributed by atoms with Gasteiger partial charge in [0, 0.05) is 18.9 Å². The average Bonchev–Trinajstić information content (AvgIpc) is 2.39. The fourth-order valence-corrected chi connectivity index (χ4v) is 1.56. The van der Waals surface area contributed by atoms with Crippen molar-refractivity contribution in [1.29, 1.82) is 0 Å². The van der Waals surface area contributed by atoms with Crippen molar-refractivity contribution in [1.82, 2.24) is 10.3 Å². The molecule has 0 aliphatic carbocycles. The van der Waals surface area contributed by atoms with Gasteiger partial charge >= 0.3 is 0 Å². The zero-order chi connectivity index (χ0) is 13.4. The number of nitrogens with zero attached hydrogens (tertiary/aromatic N) is 1. The van der Waals surface area contributed by atoms with Crippen LogP contribution in [0.5, 0.6) is 0 Å². The Balaban J connectivity index is 2.31. The molecule has 1 rings (SSSR count). The third-order valence-electron chi connectivity index (χ3n) is 2.58. The van der Waals surface area contributed by atoms with Gasteiger partial charge in [-0.15, -0.1) is 0 Å². The number of hydrogen-bond acceptors (Lipinski definition) is 4. The average molecular weight is 249 g/mol. The Kier molecular flexibility index (Phi) is 6.00. The number of hydrogen-bond donors (Lipinski definition) is 2. The second-order valence-electron chi connectivity index (χ2n) is 4.13. The zero-order valence-corrected chi connectivity index (χ0v) is 10.6. The maximum atomic E-state index is 11.5. The minimum absolute atomic E-state index is 0.412. The lowest BCUT2D eigenvalue weighted by Gasteiger charge is -2.09. The summed E-state index contributed by atoms with van der Waals surface area (Å²) in [6.07, 6.45) is 5.40. The highest BCUT2D eigenvalue weighted by atomic mass is 16.2. The summed E-state index contributed by atoms with van der Waals surface area (Å²) >= 11 is 0. The molecule has 1 atom stereocenters. The van der Waals surface area contributed by atoms with Crippen molar-refractivity contribution in [2.24, 2.45) is 5.73 Å². The maximum absolute atomic E-state index is 11.5. The number of nitrogens with two attached hydrogens (primary N) is 1. The Morgan fingerprint density at radius 3 is 2.89 bits per heavy atom. The summed E-state index contributed by atoms with van der Waals surface area (Å²) in [5, 5.41) is 2.57. The van der Waals surface area contributed by atoms with Crippen LogP contribution in [0.15, 0.2) is 24.5 Å². The summed E-state index contributed by atoms with van der Waals surface area (Å²) in [5.74, 6) is -1.14. The van der Waals surface area contributed by atoms with E-state index in [0.717, 1.165) is 12.0 Å². The van der Waals surface area contributed by atoms with Crippen molar-refractivity contribution < 1.29 is 9.59 Å². The van der Waals surface area contributed by atoms with Gasteiger partial charge in [-0.2, -0.15) is 0 Å². The highest BCUT2D eigenvalue weighted by molar-refractivity contribution is 6.38. The first kappa shape index (κ1) is 14.3. The molecule has 1 heterocycles. The van der Waals surface area contributed by atoms with Crippen LogP contribution in [0.1, 0.15) is 25.3 Å². The van der Waals surface area contributed by atoms with Crippen LogP contribution < -0.4 is 11.1 Å². The van der Waals surface area contributed by atoms with Gasteiger partial charge < -0.3 is 11.1 Å². The van der Waals surface area contributed by atoms with Crippen molar-refractivity contribution in [3.05, 3.63) is 30.1 Å². The summed E-state index contributed by atoms with van der Waals surface area (Å²) < 4.78 is 0. The summed E-state index contributed by atoms with van der Waals surface area (Å²) in [7, 11) is 0. The molecule has 1 amide bonds. The molecule has 0 bridgehead atoms. The molecule has 0 aliphatic rings. The number of rotatable bonds is 7. The van der Waals surface area contributed by atoms with Gasteiger partial charge in [0.25, 0.3) is 5.91 Å². The Labute approximate surface area is 107 Å². The van der Waals surface area contributed by atoms with E-state index in [9.17, 15) is 9.59 Å². The number of amides is 1. The second kappa shape index (κ2) is 7.55. The fourth-order valence-electron chi connectivity index (χ4n) is 1.56. The normalized spacial score (nSPS) is 11.9. The van der Waals surface area contributed by atoms with E-state index in [-0.39, 0.29) is 0 Å². The van der Waals surface area contributed by atoms with Crippen LogP contribution >= 0.6 is 0 Å². The van der Waals surface area contributed by atoms with Gasteiger partial charge in [-0.3, -0.25) is 14.6 Å². The molecule has 5 heteroatoms. The van der Waals surface area contributed by atoms with Crippen molar-refractivity contribution in [3.8, 4) is 0 Å². The number of aromatic nitrogens is 1. The van der Waals surface area contributed by atoms with Gasteiger partial charge in [-0.05, 0) is 24.5 Å². The van der Waals surface area contributed by atoms with Crippen molar-refractivity contribution in [2.45, 2.75) is 32.2 Å². The van der Waals surface area contributed by atoms with Crippen LogP contribution in [0, 0.1) is 0 Å². The number of carbonyl (C=O) groups excluding carboxylic acids is 2. The van der Waals surface area contributed by atoms with Crippen LogP contribution in [-0.4, -0.2) is 29.3 Å². The SMILES string of the molecule is CCCC(N)C(=O)C(=O)NCCc1cccnc1.